The molecule has 2 saturated heterocycles. The fourth-order valence-corrected chi connectivity index (χ4v) is 5.50. The van der Waals surface area contributed by atoms with Crippen LogP contribution in [0.5, 0.6) is 0 Å². The second kappa shape index (κ2) is 10.0. The van der Waals surface area contributed by atoms with E-state index >= 15 is 0 Å². The van der Waals surface area contributed by atoms with Crippen LogP contribution < -0.4 is 118 Å². The molecule has 1 aromatic heterocycles. The van der Waals surface area contributed by atoms with Crippen LogP contribution >= 0.6 is 23.1 Å². The van der Waals surface area contributed by atoms with Crippen molar-refractivity contribution in [2.45, 2.75) is 42.0 Å². The summed E-state index contributed by atoms with van der Waals surface area (Å²) in [5, 5.41) is 27.7. The number of carboxylic acid groups (broad SMARTS) is 2. The first kappa shape index (κ1) is 26.2. The van der Waals surface area contributed by atoms with E-state index in [0.29, 0.717) is 0 Å². The van der Waals surface area contributed by atoms with Gasteiger partial charge in [0.05, 0.1) is 18.0 Å². The quantitative estimate of drug-likeness (QED) is 0.262. The van der Waals surface area contributed by atoms with Crippen molar-refractivity contribution in [1.82, 2.24) is 10.2 Å². The van der Waals surface area contributed by atoms with E-state index in [2.05, 4.69) is 5.32 Å². The summed E-state index contributed by atoms with van der Waals surface area (Å²) in [5.74, 6) is -5.86. The van der Waals surface area contributed by atoms with E-state index in [1.165, 1.54) is 39.4 Å². The zero-order valence-corrected chi connectivity index (χ0v) is 23.1. The van der Waals surface area contributed by atoms with E-state index in [1.54, 1.807) is 19.2 Å². The molecule has 3 rings (SSSR count). The standard InChI is InChI=1S/C15H16N2O6S2.2K/c1-15(2)9(14(22)23)17-11(19)8(12(17)25-15)16-10(18)7(13(20)21)6-3-4-24-5-6;;/h3-5,7-9,12H,1-2H3,(H,16,18)(H,20,21)(H,22,23);;/q;2*+1/p-2/t7-,8-,9+,12-;;/m1../s1. The number of carbonyl (C=O) groups excluding carboxylic acids is 4. The Morgan fingerprint density at radius 2 is 1.89 bits per heavy atom. The predicted molar refractivity (Wildman–Crippen MR) is 85.1 cm³/mol. The summed E-state index contributed by atoms with van der Waals surface area (Å²) in [4.78, 5) is 48.5. The molecule has 0 aromatic carbocycles. The molecule has 3 heterocycles. The minimum absolute atomic E-state index is 0. The molecule has 12 heteroatoms. The Bertz CT molecular complexity index is 757. The molecule has 1 aromatic rings. The van der Waals surface area contributed by atoms with Crippen LogP contribution in [0, 0.1) is 0 Å². The number of hydrogen-bond donors (Lipinski definition) is 1. The third-order valence-corrected chi connectivity index (χ3v) is 6.61. The minimum atomic E-state index is -1.56. The third kappa shape index (κ3) is 4.93. The second-order valence-corrected chi connectivity index (χ2v) is 8.92. The van der Waals surface area contributed by atoms with Crippen molar-refractivity contribution in [2.24, 2.45) is 0 Å². The molecule has 0 spiro atoms. The first-order chi connectivity index (χ1) is 11.6. The van der Waals surface area contributed by atoms with Crippen LogP contribution in [-0.4, -0.2) is 50.9 Å². The van der Waals surface area contributed by atoms with Crippen LogP contribution in [0.4, 0.5) is 0 Å². The maximum atomic E-state index is 12.4. The number of thioether (sulfide) groups is 1. The number of carboxylic acids is 2. The maximum absolute atomic E-state index is 12.4. The number of hydrogen-bond acceptors (Lipinski definition) is 8. The summed E-state index contributed by atoms with van der Waals surface area (Å²) in [6.07, 6.45) is 0. The molecule has 8 nitrogen and oxygen atoms in total. The summed E-state index contributed by atoms with van der Waals surface area (Å²) in [6, 6.07) is -0.572. The number of amides is 2. The molecular formula is C15H14K2N2O6S2. The number of thiophene rings is 1. The fourth-order valence-electron chi connectivity index (χ4n) is 3.20. The Labute approximate surface area is 249 Å². The average Bonchev–Trinajstić information content (AvgIpc) is 3.09. The number of carbonyl (C=O) groups is 4. The van der Waals surface area contributed by atoms with Gasteiger partial charge in [-0.25, -0.2) is 0 Å². The molecule has 0 aliphatic carbocycles. The first-order valence-corrected chi connectivity index (χ1v) is 9.21. The molecule has 1 N–H and O–H groups in total. The minimum Gasteiger partial charge on any atom is -0.549 e. The second-order valence-electron chi connectivity index (χ2n) is 6.37. The Kier molecular flexibility index (Phi) is 9.72. The fraction of sp³-hybridized carbons (Fsp3) is 0.467. The van der Waals surface area contributed by atoms with Gasteiger partial charge in [0.2, 0.25) is 11.8 Å². The Hall–Kier alpha value is 1.20. The summed E-state index contributed by atoms with van der Waals surface area (Å²) in [5.41, 5.74) is 0.276. The van der Waals surface area contributed by atoms with Crippen LogP contribution in [0.2, 0.25) is 0 Å². The van der Waals surface area contributed by atoms with Gasteiger partial charge in [0.1, 0.15) is 17.3 Å². The van der Waals surface area contributed by atoms with Gasteiger partial charge in [-0.2, -0.15) is 11.3 Å². The van der Waals surface area contributed by atoms with Crippen molar-refractivity contribution in [1.29, 1.82) is 0 Å². The molecule has 2 fully saturated rings. The molecular weight excluding hydrogens is 447 g/mol. The van der Waals surface area contributed by atoms with Gasteiger partial charge in [-0.1, -0.05) is 0 Å². The van der Waals surface area contributed by atoms with Crippen LogP contribution in [0.1, 0.15) is 25.3 Å². The van der Waals surface area contributed by atoms with Crippen LogP contribution in [0.15, 0.2) is 16.8 Å². The number of rotatable bonds is 5. The summed E-state index contributed by atoms with van der Waals surface area (Å²) < 4.78 is -0.778. The Morgan fingerprint density at radius 3 is 2.37 bits per heavy atom. The normalized spacial score (nSPS) is 25.9. The van der Waals surface area contributed by atoms with E-state index in [9.17, 15) is 29.4 Å². The molecule has 134 valence electrons. The van der Waals surface area contributed by atoms with Gasteiger partial charge in [-0.3, -0.25) is 9.59 Å². The average molecular weight is 461 g/mol. The number of β-lactam (4-membered cyclic amide) rings is 1. The van der Waals surface area contributed by atoms with E-state index in [4.69, 9.17) is 0 Å². The summed E-state index contributed by atoms with van der Waals surface area (Å²) >= 11 is 2.47. The monoisotopic (exact) mass is 460 g/mol. The van der Waals surface area contributed by atoms with Gasteiger partial charge in [-0.15, -0.1) is 11.8 Å². The third-order valence-electron chi connectivity index (χ3n) is 4.34. The predicted octanol–water partition coefficient (Wildman–Crippen LogP) is -8.11. The van der Waals surface area contributed by atoms with Gasteiger partial charge >= 0.3 is 103 Å². The smallest absolute Gasteiger partial charge is 0.549 e. The molecule has 0 unspecified atom stereocenters. The van der Waals surface area contributed by atoms with E-state index in [1.807, 2.05) is 0 Å². The van der Waals surface area contributed by atoms with Crippen molar-refractivity contribution in [3.05, 3.63) is 22.4 Å². The first-order valence-electron chi connectivity index (χ1n) is 7.39. The largest absolute Gasteiger partial charge is 1.00 e. The van der Waals surface area contributed by atoms with Crippen molar-refractivity contribution >= 4 is 46.9 Å². The van der Waals surface area contributed by atoms with Gasteiger partial charge < -0.3 is 30.0 Å². The number of nitrogens with one attached hydrogen (secondary N) is 1. The number of fused-ring (bicyclic) bond motifs is 1. The zero-order valence-electron chi connectivity index (χ0n) is 15.3. The summed E-state index contributed by atoms with van der Waals surface area (Å²) in [7, 11) is 0. The molecule has 27 heavy (non-hydrogen) atoms. The van der Waals surface area contributed by atoms with Gasteiger partial charge in [-0.05, 0) is 36.2 Å². The van der Waals surface area contributed by atoms with E-state index in [0.717, 1.165) is 0 Å². The van der Waals surface area contributed by atoms with Crippen molar-refractivity contribution in [3.63, 3.8) is 0 Å². The van der Waals surface area contributed by atoms with Crippen molar-refractivity contribution < 1.29 is 132 Å². The van der Waals surface area contributed by atoms with E-state index in [-0.39, 0.29) is 108 Å². The van der Waals surface area contributed by atoms with Gasteiger partial charge in [0.15, 0.2) is 0 Å². The Balaban J connectivity index is 0.00000182. The van der Waals surface area contributed by atoms with Crippen LogP contribution in [-0.2, 0) is 19.2 Å². The summed E-state index contributed by atoms with van der Waals surface area (Å²) in [6.45, 7) is 3.36. The number of aliphatic carboxylic acids is 2. The van der Waals surface area contributed by atoms with E-state index < -0.39 is 51.9 Å². The topological polar surface area (TPSA) is 130 Å². The van der Waals surface area contributed by atoms with Crippen LogP contribution in [0.25, 0.3) is 0 Å². The van der Waals surface area contributed by atoms with Gasteiger partial charge in [0, 0.05) is 4.75 Å². The zero-order chi connectivity index (χ0) is 18.5. The van der Waals surface area contributed by atoms with Crippen LogP contribution in [0.3, 0.4) is 0 Å². The molecule has 2 aliphatic rings. The molecule has 0 saturated carbocycles. The number of nitrogens with zero attached hydrogens (tertiary/aromatic N) is 1. The Morgan fingerprint density at radius 1 is 1.26 bits per heavy atom. The maximum Gasteiger partial charge on any atom is 1.00 e. The molecule has 4 atom stereocenters. The van der Waals surface area contributed by atoms with Gasteiger partial charge in [0.25, 0.3) is 0 Å². The molecule has 0 bridgehead atoms. The molecule has 0 radical (unpaired) electrons. The van der Waals surface area contributed by atoms with Crippen molar-refractivity contribution in [3.8, 4) is 0 Å². The SMILES string of the molecule is CC1(C)S[C@@H]2[C@H](NC(=O)[C@H](C(=O)[O-])c3ccsc3)C(=O)N2[C@H]1C(=O)[O-].[K+].[K+]. The molecule has 2 aliphatic heterocycles. The van der Waals surface area contributed by atoms with Crippen molar-refractivity contribution in [2.75, 3.05) is 0 Å². The molecule has 2 amide bonds.